The van der Waals surface area contributed by atoms with E-state index in [2.05, 4.69) is 36.4 Å². The van der Waals surface area contributed by atoms with Gasteiger partial charge in [-0.25, -0.2) is 9.80 Å². The zero-order valence-electron chi connectivity index (χ0n) is 32.8. The lowest BCUT2D eigenvalue weighted by molar-refractivity contribution is 0.0910. The lowest BCUT2D eigenvalue weighted by Gasteiger charge is -2.23. The number of nitrogens with zero attached hydrogens (tertiary/aromatic N) is 2. The molecule has 0 fully saturated rings. The topological polar surface area (TPSA) is 74.8 Å². The molecule has 0 saturated heterocycles. The number of aryl methyl sites for hydroxylation is 4. The highest BCUT2D eigenvalue weighted by Gasteiger charge is 2.39. The summed E-state index contributed by atoms with van der Waals surface area (Å²) in [5, 5.41) is 0. The van der Waals surface area contributed by atoms with Gasteiger partial charge in [0.15, 0.2) is 0 Å². The van der Waals surface area contributed by atoms with Crippen LogP contribution in [0, 0.1) is 13.8 Å². The Kier molecular flexibility index (Phi) is 9.05. The van der Waals surface area contributed by atoms with Gasteiger partial charge in [0, 0.05) is 0 Å². The number of carbonyl (C=O) groups excluding carboxylic acids is 4. The molecule has 0 N–H and O–H groups in total. The summed E-state index contributed by atoms with van der Waals surface area (Å²) in [7, 11) is 0. The monoisotopic (exact) mass is 756 g/mol. The van der Waals surface area contributed by atoms with E-state index in [4.69, 9.17) is 0 Å². The number of fused-ring (bicyclic) bond motifs is 2. The molecule has 58 heavy (non-hydrogen) atoms. The Morgan fingerprint density at radius 2 is 0.672 bits per heavy atom. The molecule has 0 spiro atoms. The Labute approximate surface area is 338 Å². The van der Waals surface area contributed by atoms with Crippen molar-refractivity contribution in [2.75, 3.05) is 9.80 Å². The highest BCUT2D eigenvalue weighted by Crippen LogP contribution is 2.39. The van der Waals surface area contributed by atoms with Crippen LogP contribution in [0.25, 0.3) is 44.5 Å². The van der Waals surface area contributed by atoms with E-state index in [0.717, 1.165) is 66.8 Å². The number of carbonyl (C=O) groups is 4. The van der Waals surface area contributed by atoms with Gasteiger partial charge >= 0.3 is 0 Å². The Balaban J connectivity index is 0.952. The molecule has 282 valence electrons. The van der Waals surface area contributed by atoms with Gasteiger partial charge in [-0.15, -0.1) is 0 Å². The number of anilines is 2. The molecule has 4 amide bonds. The SMILES string of the molecule is CCc1cc(-c2ccc(-c3ccc(N4C(=O)c5ccc(-c6ccc(C)cc6)cc5C4=O)cc3)cc2)cc(CC)c1N1C(=O)c2ccc(-c3ccc(C)cc3)cc2C1=O. The van der Waals surface area contributed by atoms with E-state index < -0.39 is 0 Å². The number of amides is 4. The van der Waals surface area contributed by atoms with Crippen LogP contribution in [0.15, 0.2) is 146 Å². The third-order valence-electron chi connectivity index (χ3n) is 11.5. The minimum atomic E-state index is -0.328. The highest BCUT2D eigenvalue weighted by atomic mass is 16.2. The average Bonchev–Trinajstić information content (AvgIpc) is 3.66. The predicted octanol–water partition coefficient (Wildman–Crippen LogP) is 11.7. The molecule has 0 unspecified atom stereocenters. The largest absolute Gasteiger partial charge is 0.268 e. The second kappa shape index (κ2) is 14.4. The minimum absolute atomic E-state index is 0.293. The summed E-state index contributed by atoms with van der Waals surface area (Å²) in [6.45, 7) is 8.17. The zero-order valence-corrected chi connectivity index (χ0v) is 32.8. The van der Waals surface area contributed by atoms with E-state index in [1.54, 1.807) is 12.1 Å². The lowest BCUT2D eigenvalue weighted by atomic mass is 9.93. The van der Waals surface area contributed by atoms with Crippen molar-refractivity contribution < 1.29 is 19.2 Å². The Hall–Kier alpha value is -7.18. The standard InChI is InChI=1S/C52H40N2O4/c1-5-33-27-42(28-34(6-2)48(33)54-50(56)45-26-22-41(30-47(45)52(54)58)38-13-9-32(4)10-14-38)39-17-15-35(16-18-39)36-19-23-43(24-20-36)53-49(55)44-25-21-40(29-46(44)51(53)57)37-11-7-31(3)8-12-37/h7-30H,5-6H2,1-4H3. The molecule has 6 nitrogen and oxygen atoms in total. The van der Waals surface area contributed by atoms with E-state index >= 15 is 0 Å². The van der Waals surface area contributed by atoms with Crippen molar-refractivity contribution in [3.8, 4) is 44.5 Å². The van der Waals surface area contributed by atoms with Crippen molar-refractivity contribution >= 4 is 35.0 Å². The summed E-state index contributed by atoms with van der Waals surface area (Å²) in [4.78, 5) is 57.6. The second-order valence-corrected chi connectivity index (χ2v) is 15.1. The first-order valence-corrected chi connectivity index (χ1v) is 19.7. The maximum atomic E-state index is 14.0. The van der Waals surface area contributed by atoms with Crippen molar-refractivity contribution in [2.24, 2.45) is 0 Å². The summed E-state index contributed by atoms with van der Waals surface area (Å²) in [5.74, 6) is -1.24. The number of rotatable bonds is 8. The molecule has 0 saturated carbocycles. The minimum Gasteiger partial charge on any atom is -0.268 e. The molecule has 2 aliphatic heterocycles. The van der Waals surface area contributed by atoms with Crippen molar-refractivity contribution in [1.82, 2.24) is 0 Å². The maximum Gasteiger partial charge on any atom is 0.266 e. The zero-order chi connectivity index (χ0) is 40.2. The molecule has 0 aliphatic carbocycles. The molecule has 0 bridgehead atoms. The van der Waals surface area contributed by atoms with E-state index in [1.165, 1.54) is 9.80 Å². The van der Waals surface area contributed by atoms with Crippen LogP contribution in [0.3, 0.4) is 0 Å². The van der Waals surface area contributed by atoms with Crippen molar-refractivity contribution in [2.45, 2.75) is 40.5 Å². The van der Waals surface area contributed by atoms with E-state index in [1.807, 2.05) is 125 Å². The van der Waals surface area contributed by atoms with E-state index in [9.17, 15) is 19.2 Å². The molecule has 6 heteroatoms. The van der Waals surface area contributed by atoms with Crippen LogP contribution < -0.4 is 9.80 Å². The first kappa shape index (κ1) is 36.5. The van der Waals surface area contributed by atoms with Crippen LogP contribution >= 0.6 is 0 Å². The van der Waals surface area contributed by atoms with Crippen LogP contribution in [0.1, 0.15) is 77.5 Å². The van der Waals surface area contributed by atoms with Gasteiger partial charge in [0.05, 0.1) is 33.6 Å². The first-order valence-electron chi connectivity index (χ1n) is 19.7. The van der Waals surface area contributed by atoms with Gasteiger partial charge in [0.1, 0.15) is 0 Å². The molecular formula is C52H40N2O4. The molecule has 7 aromatic carbocycles. The summed E-state index contributed by atoms with van der Waals surface area (Å²) in [6.07, 6.45) is 1.29. The molecule has 9 rings (SSSR count). The van der Waals surface area contributed by atoms with Gasteiger partial charge in [-0.2, -0.15) is 0 Å². The molecule has 2 heterocycles. The van der Waals surface area contributed by atoms with Crippen LogP contribution in [0.4, 0.5) is 11.4 Å². The Morgan fingerprint density at radius 3 is 1.12 bits per heavy atom. The van der Waals surface area contributed by atoms with Crippen molar-refractivity contribution in [3.05, 3.63) is 190 Å². The molecule has 0 radical (unpaired) electrons. The number of hydrogen-bond donors (Lipinski definition) is 0. The second-order valence-electron chi connectivity index (χ2n) is 15.1. The quantitative estimate of drug-likeness (QED) is 0.145. The summed E-state index contributed by atoms with van der Waals surface area (Å²) in [5.41, 5.74) is 14.8. The number of imide groups is 2. The van der Waals surface area contributed by atoms with Gasteiger partial charge in [0.25, 0.3) is 23.6 Å². The third kappa shape index (κ3) is 6.14. The fraction of sp³-hybridized carbons (Fsp3) is 0.115. The average molecular weight is 757 g/mol. The fourth-order valence-corrected chi connectivity index (χ4v) is 8.18. The van der Waals surface area contributed by atoms with Crippen LogP contribution in [0.5, 0.6) is 0 Å². The molecule has 0 atom stereocenters. The van der Waals surface area contributed by atoms with E-state index in [0.29, 0.717) is 46.5 Å². The van der Waals surface area contributed by atoms with Gasteiger partial charge in [-0.3, -0.25) is 19.2 Å². The van der Waals surface area contributed by atoms with Gasteiger partial charge in [-0.05, 0) is 131 Å². The third-order valence-corrected chi connectivity index (χ3v) is 11.5. The van der Waals surface area contributed by atoms with Crippen LogP contribution in [-0.4, -0.2) is 23.6 Å². The van der Waals surface area contributed by atoms with Crippen molar-refractivity contribution in [1.29, 1.82) is 0 Å². The molecular weight excluding hydrogens is 717 g/mol. The lowest BCUT2D eigenvalue weighted by Crippen LogP contribution is -2.31. The highest BCUT2D eigenvalue weighted by molar-refractivity contribution is 6.36. The molecule has 7 aromatic rings. The number of hydrogen-bond acceptors (Lipinski definition) is 4. The van der Waals surface area contributed by atoms with Gasteiger partial charge in [-0.1, -0.05) is 122 Å². The summed E-state index contributed by atoms with van der Waals surface area (Å²) < 4.78 is 0. The predicted molar refractivity (Wildman–Crippen MR) is 232 cm³/mol. The molecule has 2 aliphatic rings. The molecule has 0 aromatic heterocycles. The van der Waals surface area contributed by atoms with Gasteiger partial charge < -0.3 is 0 Å². The first-order chi connectivity index (χ1) is 28.1. The van der Waals surface area contributed by atoms with E-state index in [-0.39, 0.29) is 23.6 Å². The van der Waals surface area contributed by atoms with Crippen molar-refractivity contribution in [3.63, 3.8) is 0 Å². The van der Waals surface area contributed by atoms with Crippen LogP contribution in [-0.2, 0) is 12.8 Å². The summed E-state index contributed by atoms with van der Waals surface area (Å²) in [6, 6.07) is 47.1. The fourth-order valence-electron chi connectivity index (χ4n) is 8.18. The Morgan fingerprint density at radius 1 is 0.345 bits per heavy atom. The van der Waals surface area contributed by atoms with Gasteiger partial charge in [0.2, 0.25) is 0 Å². The van der Waals surface area contributed by atoms with Crippen LogP contribution in [0.2, 0.25) is 0 Å². The summed E-state index contributed by atoms with van der Waals surface area (Å²) >= 11 is 0. The number of benzene rings is 7. The normalized spacial score (nSPS) is 13.4. The maximum absolute atomic E-state index is 14.0. The Bertz CT molecular complexity index is 2790. The smallest absolute Gasteiger partial charge is 0.266 e.